The molecule has 0 spiro atoms. The minimum atomic E-state index is -0.213. The molecule has 1 aromatic heterocycles. The zero-order valence-corrected chi connectivity index (χ0v) is 19.5. The molecule has 1 atom stereocenters. The summed E-state index contributed by atoms with van der Waals surface area (Å²) in [4.78, 5) is 34.6. The van der Waals surface area contributed by atoms with Crippen molar-refractivity contribution in [2.75, 3.05) is 38.0 Å². The number of hydrogen-bond donors (Lipinski definition) is 2. The first-order chi connectivity index (χ1) is 16.6. The molecule has 176 valence electrons. The molecule has 0 aliphatic carbocycles. The molecule has 7 nitrogen and oxygen atoms in total. The molecule has 1 fully saturated rings. The van der Waals surface area contributed by atoms with Crippen LogP contribution in [-0.2, 0) is 11.3 Å². The Balaban J connectivity index is 1.29. The Morgan fingerprint density at radius 2 is 1.56 bits per heavy atom. The molecule has 7 heteroatoms. The SMILES string of the molecule is CC(NC(=O)c1ccccc1NC(=O)CN1CCN(Cc2ccccn2)CC1)c1ccccc1. The summed E-state index contributed by atoms with van der Waals surface area (Å²) in [7, 11) is 0. The summed E-state index contributed by atoms with van der Waals surface area (Å²) in [6.07, 6.45) is 1.82. The Morgan fingerprint density at radius 3 is 2.29 bits per heavy atom. The van der Waals surface area contributed by atoms with Crippen LogP contribution in [0.1, 0.15) is 34.6 Å². The van der Waals surface area contributed by atoms with E-state index in [4.69, 9.17) is 0 Å². The molecule has 0 bridgehead atoms. The van der Waals surface area contributed by atoms with Gasteiger partial charge in [0.2, 0.25) is 5.91 Å². The molecule has 0 radical (unpaired) electrons. The van der Waals surface area contributed by atoms with E-state index >= 15 is 0 Å². The fourth-order valence-corrected chi connectivity index (χ4v) is 4.11. The number of pyridine rings is 1. The van der Waals surface area contributed by atoms with Crippen LogP contribution in [-0.4, -0.2) is 59.3 Å². The Labute approximate surface area is 200 Å². The fourth-order valence-electron chi connectivity index (χ4n) is 4.11. The van der Waals surface area contributed by atoms with Gasteiger partial charge in [-0.3, -0.25) is 24.4 Å². The summed E-state index contributed by atoms with van der Waals surface area (Å²) in [5.41, 5.74) is 3.07. The molecule has 1 saturated heterocycles. The lowest BCUT2D eigenvalue weighted by Gasteiger charge is -2.34. The number of rotatable bonds is 8. The number of carbonyl (C=O) groups is 2. The molecule has 2 aromatic carbocycles. The first-order valence-corrected chi connectivity index (χ1v) is 11.7. The number of aromatic nitrogens is 1. The zero-order valence-electron chi connectivity index (χ0n) is 19.5. The van der Waals surface area contributed by atoms with Gasteiger partial charge in [0.15, 0.2) is 0 Å². The Morgan fingerprint density at radius 1 is 0.882 bits per heavy atom. The number of carbonyl (C=O) groups excluding carboxylic acids is 2. The second-order valence-electron chi connectivity index (χ2n) is 8.57. The smallest absolute Gasteiger partial charge is 0.253 e. The maximum atomic E-state index is 12.9. The third-order valence-electron chi connectivity index (χ3n) is 6.04. The van der Waals surface area contributed by atoms with Crippen molar-refractivity contribution in [2.45, 2.75) is 19.5 Å². The normalized spacial score (nSPS) is 15.4. The van der Waals surface area contributed by atoms with Gasteiger partial charge in [-0.05, 0) is 36.8 Å². The number of benzene rings is 2. The summed E-state index contributed by atoms with van der Waals surface area (Å²) in [6.45, 7) is 6.48. The van der Waals surface area contributed by atoms with E-state index in [1.165, 1.54) is 0 Å². The number of piperazine rings is 1. The van der Waals surface area contributed by atoms with Crippen LogP contribution in [0.25, 0.3) is 0 Å². The van der Waals surface area contributed by atoms with Crippen LogP contribution in [0.2, 0.25) is 0 Å². The topological polar surface area (TPSA) is 77.6 Å². The van der Waals surface area contributed by atoms with Crippen LogP contribution in [0.5, 0.6) is 0 Å². The van der Waals surface area contributed by atoms with Gasteiger partial charge in [0.25, 0.3) is 5.91 Å². The molecule has 1 unspecified atom stereocenters. The number of nitrogens with one attached hydrogen (secondary N) is 2. The monoisotopic (exact) mass is 457 g/mol. The van der Waals surface area contributed by atoms with Gasteiger partial charge < -0.3 is 10.6 Å². The van der Waals surface area contributed by atoms with Crippen molar-refractivity contribution in [1.29, 1.82) is 0 Å². The summed E-state index contributed by atoms with van der Waals surface area (Å²) in [6, 6.07) is 22.8. The van der Waals surface area contributed by atoms with Crippen LogP contribution < -0.4 is 10.6 Å². The molecular formula is C27H31N5O2. The van der Waals surface area contributed by atoms with Crippen LogP contribution in [0, 0.1) is 0 Å². The average Bonchev–Trinajstić information content (AvgIpc) is 2.86. The molecule has 2 N–H and O–H groups in total. The van der Waals surface area contributed by atoms with Crippen LogP contribution >= 0.6 is 0 Å². The van der Waals surface area contributed by atoms with Gasteiger partial charge in [-0.25, -0.2) is 0 Å². The molecule has 0 saturated carbocycles. The number of anilines is 1. The van der Waals surface area contributed by atoms with Crippen LogP contribution in [0.15, 0.2) is 79.0 Å². The molecule has 4 rings (SSSR count). The number of hydrogen-bond acceptors (Lipinski definition) is 5. The average molecular weight is 458 g/mol. The van der Waals surface area contributed by atoms with Gasteiger partial charge >= 0.3 is 0 Å². The molecule has 2 amide bonds. The highest BCUT2D eigenvalue weighted by atomic mass is 16.2. The maximum Gasteiger partial charge on any atom is 0.253 e. The second kappa shape index (κ2) is 11.5. The Bertz CT molecular complexity index is 1080. The molecule has 34 heavy (non-hydrogen) atoms. The van der Waals surface area contributed by atoms with Crippen molar-refractivity contribution in [1.82, 2.24) is 20.1 Å². The van der Waals surface area contributed by atoms with E-state index in [-0.39, 0.29) is 17.9 Å². The second-order valence-corrected chi connectivity index (χ2v) is 8.57. The highest BCUT2D eigenvalue weighted by Gasteiger charge is 2.21. The lowest BCUT2D eigenvalue weighted by atomic mass is 10.1. The van der Waals surface area contributed by atoms with Gasteiger partial charge in [-0.1, -0.05) is 48.5 Å². The van der Waals surface area contributed by atoms with Gasteiger partial charge in [-0.15, -0.1) is 0 Å². The lowest BCUT2D eigenvalue weighted by Crippen LogP contribution is -2.48. The third kappa shape index (κ3) is 6.50. The quantitative estimate of drug-likeness (QED) is 0.543. The van der Waals surface area contributed by atoms with E-state index in [9.17, 15) is 9.59 Å². The maximum absolute atomic E-state index is 12.9. The van der Waals surface area contributed by atoms with Crippen molar-refractivity contribution < 1.29 is 9.59 Å². The fraction of sp³-hybridized carbons (Fsp3) is 0.296. The molecule has 2 heterocycles. The highest BCUT2D eigenvalue weighted by Crippen LogP contribution is 2.18. The minimum absolute atomic E-state index is 0.116. The van der Waals surface area contributed by atoms with Gasteiger partial charge in [0.1, 0.15) is 0 Å². The predicted octanol–water partition coefficient (Wildman–Crippen LogP) is 3.33. The molecule has 3 aromatic rings. The van der Waals surface area contributed by atoms with E-state index < -0.39 is 0 Å². The molecule has 1 aliphatic heterocycles. The van der Waals surface area contributed by atoms with Gasteiger partial charge in [0.05, 0.1) is 29.5 Å². The largest absolute Gasteiger partial charge is 0.345 e. The van der Waals surface area contributed by atoms with Gasteiger partial charge in [-0.2, -0.15) is 0 Å². The molecule has 1 aliphatic rings. The Hall–Kier alpha value is -3.55. The standard InChI is InChI=1S/C27H31N5O2/c1-21(22-9-3-2-4-10-22)29-27(34)24-12-5-6-13-25(24)30-26(33)20-32-17-15-31(16-18-32)19-23-11-7-8-14-28-23/h2-14,21H,15-20H2,1H3,(H,29,34)(H,30,33). The summed E-state index contributed by atoms with van der Waals surface area (Å²) >= 11 is 0. The molecular weight excluding hydrogens is 426 g/mol. The van der Waals surface area contributed by atoms with E-state index in [1.54, 1.807) is 18.2 Å². The van der Waals surface area contributed by atoms with E-state index in [0.29, 0.717) is 17.8 Å². The van der Waals surface area contributed by atoms with Crippen LogP contribution in [0.4, 0.5) is 5.69 Å². The minimum Gasteiger partial charge on any atom is -0.345 e. The van der Waals surface area contributed by atoms with E-state index in [2.05, 4.69) is 25.4 Å². The van der Waals surface area contributed by atoms with Crippen molar-refractivity contribution in [3.63, 3.8) is 0 Å². The van der Waals surface area contributed by atoms with Crippen molar-refractivity contribution in [3.8, 4) is 0 Å². The van der Waals surface area contributed by atoms with Crippen molar-refractivity contribution >= 4 is 17.5 Å². The Kier molecular flexibility index (Phi) is 8.01. The number of para-hydroxylation sites is 1. The first kappa shape index (κ1) is 23.6. The zero-order chi connectivity index (χ0) is 23.8. The van der Waals surface area contributed by atoms with Gasteiger partial charge in [0, 0.05) is 38.9 Å². The van der Waals surface area contributed by atoms with E-state index in [1.807, 2.05) is 67.7 Å². The summed E-state index contributed by atoms with van der Waals surface area (Å²) in [5, 5.41) is 5.96. The highest BCUT2D eigenvalue weighted by molar-refractivity contribution is 6.04. The van der Waals surface area contributed by atoms with Crippen molar-refractivity contribution in [2.24, 2.45) is 0 Å². The lowest BCUT2D eigenvalue weighted by molar-refractivity contribution is -0.117. The van der Waals surface area contributed by atoms with E-state index in [0.717, 1.165) is 44.0 Å². The predicted molar refractivity (Wildman–Crippen MR) is 133 cm³/mol. The first-order valence-electron chi connectivity index (χ1n) is 11.7. The van der Waals surface area contributed by atoms with Crippen LogP contribution in [0.3, 0.4) is 0 Å². The number of nitrogens with zero attached hydrogens (tertiary/aromatic N) is 3. The summed E-state index contributed by atoms with van der Waals surface area (Å²) in [5.74, 6) is -0.329. The third-order valence-corrected chi connectivity index (χ3v) is 6.04. The number of amides is 2. The van der Waals surface area contributed by atoms with Crippen molar-refractivity contribution in [3.05, 3.63) is 95.8 Å². The summed E-state index contributed by atoms with van der Waals surface area (Å²) < 4.78 is 0.